The maximum absolute atomic E-state index is 13.6. The average Bonchev–Trinajstić information content (AvgIpc) is 2.72. The smallest absolute Gasteiger partial charge is 0.329 e. The Morgan fingerprint density at radius 1 is 0.967 bits per heavy atom. The minimum absolute atomic E-state index is 0.0178. The predicted molar refractivity (Wildman–Crippen MR) is 115 cm³/mol. The fourth-order valence-corrected chi connectivity index (χ4v) is 3.04. The molecule has 0 unspecified atom stereocenters. The van der Waals surface area contributed by atoms with Gasteiger partial charge in [0.15, 0.2) is 5.82 Å². The van der Waals surface area contributed by atoms with Gasteiger partial charge in [0.25, 0.3) is 5.69 Å². The van der Waals surface area contributed by atoms with Crippen LogP contribution in [0.3, 0.4) is 0 Å². The molecule has 0 saturated carbocycles. The number of benzene rings is 2. The zero-order valence-electron chi connectivity index (χ0n) is 15.8. The van der Waals surface area contributed by atoms with E-state index in [0.717, 1.165) is 9.77 Å². The molecule has 1 heterocycles. The van der Waals surface area contributed by atoms with Gasteiger partial charge in [-0.3, -0.25) is 10.1 Å². The Labute approximate surface area is 183 Å². The first kappa shape index (κ1) is 21.7. The molecule has 156 valence electrons. The van der Waals surface area contributed by atoms with E-state index in [2.05, 4.69) is 32.6 Å². The van der Waals surface area contributed by atoms with Crippen molar-refractivity contribution in [2.45, 2.75) is 6.18 Å². The fourth-order valence-electron chi connectivity index (χ4n) is 2.68. The molecule has 0 fully saturated rings. The Hall–Kier alpha value is -2.96. The lowest BCUT2D eigenvalue weighted by Gasteiger charge is -2.25. The van der Waals surface area contributed by atoms with E-state index in [1.54, 1.807) is 31.3 Å². The lowest BCUT2D eigenvalue weighted by atomic mass is 10.2. The van der Waals surface area contributed by atoms with Gasteiger partial charge in [-0.1, -0.05) is 0 Å². The van der Waals surface area contributed by atoms with Crippen LogP contribution in [0.15, 0.2) is 54.7 Å². The molecule has 3 rings (SSSR count). The molecule has 0 aliphatic carbocycles. The van der Waals surface area contributed by atoms with Crippen LogP contribution in [-0.4, -0.2) is 29.0 Å². The molecule has 0 radical (unpaired) electrons. The van der Waals surface area contributed by atoms with Crippen LogP contribution in [0.5, 0.6) is 0 Å². The number of halogens is 4. The van der Waals surface area contributed by atoms with Crippen LogP contribution >= 0.6 is 22.6 Å². The zero-order valence-corrected chi connectivity index (χ0v) is 17.9. The van der Waals surface area contributed by atoms with Crippen molar-refractivity contribution in [1.29, 1.82) is 0 Å². The Morgan fingerprint density at radius 2 is 1.50 bits per heavy atom. The third-order valence-electron chi connectivity index (χ3n) is 4.34. The van der Waals surface area contributed by atoms with Crippen molar-refractivity contribution >= 4 is 51.4 Å². The zero-order chi connectivity index (χ0) is 22.1. The normalized spacial score (nSPS) is 11.3. The molecule has 0 aliphatic heterocycles. The average molecular weight is 529 g/mol. The number of aromatic nitrogens is 2. The van der Waals surface area contributed by atoms with Crippen LogP contribution < -0.4 is 9.80 Å². The van der Waals surface area contributed by atoms with Gasteiger partial charge in [-0.2, -0.15) is 18.2 Å². The molecular formula is C19H15F3IN5O2. The summed E-state index contributed by atoms with van der Waals surface area (Å²) >= 11 is 2.11. The summed E-state index contributed by atoms with van der Waals surface area (Å²) in [5.74, 6) is -0.285. The lowest BCUT2D eigenvalue weighted by molar-refractivity contribution is -0.384. The van der Waals surface area contributed by atoms with Crippen LogP contribution in [0.2, 0.25) is 0 Å². The van der Waals surface area contributed by atoms with E-state index >= 15 is 0 Å². The molecule has 0 bridgehead atoms. The fraction of sp³-hybridized carbons (Fsp3) is 0.158. The number of rotatable bonds is 5. The minimum Gasteiger partial charge on any atom is -0.329 e. The summed E-state index contributed by atoms with van der Waals surface area (Å²) in [5, 5.41) is 10.8. The highest BCUT2D eigenvalue weighted by Gasteiger charge is 2.37. The van der Waals surface area contributed by atoms with E-state index in [4.69, 9.17) is 0 Å². The number of anilines is 4. The summed E-state index contributed by atoms with van der Waals surface area (Å²) in [7, 11) is 3.06. The van der Waals surface area contributed by atoms with Crippen molar-refractivity contribution in [3.8, 4) is 0 Å². The molecule has 30 heavy (non-hydrogen) atoms. The van der Waals surface area contributed by atoms with Crippen molar-refractivity contribution in [3.05, 3.63) is 74.0 Å². The molecule has 7 nitrogen and oxygen atoms in total. The van der Waals surface area contributed by atoms with Gasteiger partial charge >= 0.3 is 6.18 Å². The topological polar surface area (TPSA) is 75.4 Å². The monoisotopic (exact) mass is 529 g/mol. The van der Waals surface area contributed by atoms with Crippen LogP contribution in [0, 0.1) is 13.7 Å². The quantitative estimate of drug-likeness (QED) is 0.246. The first-order chi connectivity index (χ1) is 14.1. The Morgan fingerprint density at radius 3 is 2.03 bits per heavy atom. The van der Waals surface area contributed by atoms with Crippen LogP contribution in [-0.2, 0) is 6.18 Å². The molecule has 11 heteroatoms. The number of nitro groups is 1. The molecule has 1 aromatic heterocycles. The predicted octanol–water partition coefficient (Wildman–Crippen LogP) is 5.54. The van der Waals surface area contributed by atoms with Gasteiger partial charge in [0, 0.05) is 47.4 Å². The standard InChI is InChI=1S/C19H15F3IN5O2/c1-26(13-5-3-12(23)4-6-13)17-16(19(20,21)22)11-24-18(25-17)27(2)14-7-9-15(10-8-14)28(29)30/h3-11H,1-2H3. The summed E-state index contributed by atoms with van der Waals surface area (Å²) < 4.78 is 41.7. The molecular weight excluding hydrogens is 514 g/mol. The van der Waals surface area contributed by atoms with Gasteiger partial charge < -0.3 is 9.80 Å². The molecule has 0 amide bonds. The second-order valence-corrected chi connectivity index (χ2v) is 7.52. The number of hydrogen-bond donors (Lipinski definition) is 0. The van der Waals surface area contributed by atoms with E-state index in [0.29, 0.717) is 11.4 Å². The largest absolute Gasteiger partial charge is 0.421 e. The molecule has 0 spiro atoms. The minimum atomic E-state index is -4.64. The van der Waals surface area contributed by atoms with Gasteiger partial charge in [-0.05, 0) is 59.0 Å². The maximum atomic E-state index is 13.6. The Bertz CT molecular complexity index is 1060. The maximum Gasteiger partial charge on any atom is 0.421 e. The van der Waals surface area contributed by atoms with Crippen molar-refractivity contribution in [2.24, 2.45) is 0 Å². The molecule has 2 aromatic carbocycles. The lowest BCUT2D eigenvalue weighted by Crippen LogP contribution is -2.21. The molecule has 0 N–H and O–H groups in total. The highest BCUT2D eigenvalue weighted by atomic mass is 127. The van der Waals surface area contributed by atoms with E-state index in [1.165, 1.54) is 41.1 Å². The van der Waals surface area contributed by atoms with Gasteiger partial charge in [-0.25, -0.2) is 4.98 Å². The van der Waals surface area contributed by atoms with E-state index in [1.807, 2.05) is 0 Å². The molecule has 3 aromatic rings. The SMILES string of the molecule is CN(c1ccc([N+](=O)[O-])cc1)c1ncc(C(F)(F)F)c(N(C)c2ccc(I)cc2)n1. The third kappa shape index (κ3) is 4.61. The molecule has 0 aliphatic rings. The molecule has 0 saturated heterocycles. The van der Waals surface area contributed by atoms with Gasteiger partial charge in [0.2, 0.25) is 5.95 Å². The molecule has 0 atom stereocenters. The highest BCUT2D eigenvalue weighted by Crippen LogP contribution is 2.38. The summed E-state index contributed by atoms with van der Waals surface area (Å²) in [6, 6.07) is 12.5. The Balaban J connectivity index is 2.03. The van der Waals surface area contributed by atoms with E-state index in [9.17, 15) is 23.3 Å². The van der Waals surface area contributed by atoms with Crippen molar-refractivity contribution in [2.75, 3.05) is 23.9 Å². The first-order valence-electron chi connectivity index (χ1n) is 8.49. The van der Waals surface area contributed by atoms with Gasteiger partial charge in [0.1, 0.15) is 5.56 Å². The third-order valence-corrected chi connectivity index (χ3v) is 5.06. The summed E-state index contributed by atoms with van der Waals surface area (Å²) in [6.07, 6.45) is -3.90. The van der Waals surface area contributed by atoms with Gasteiger partial charge in [-0.15, -0.1) is 0 Å². The van der Waals surface area contributed by atoms with Gasteiger partial charge in [0.05, 0.1) is 4.92 Å². The first-order valence-corrected chi connectivity index (χ1v) is 9.57. The summed E-state index contributed by atoms with van der Waals surface area (Å²) in [6.45, 7) is 0. The van der Waals surface area contributed by atoms with Crippen molar-refractivity contribution < 1.29 is 18.1 Å². The number of nitro benzene ring substituents is 1. The number of nitrogens with zero attached hydrogens (tertiary/aromatic N) is 5. The Kier molecular flexibility index (Phi) is 6.10. The second kappa shape index (κ2) is 8.42. The number of non-ortho nitro benzene ring substituents is 1. The number of alkyl halides is 3. The second-order valence-electron chi connectivity index (χ2n) is 6.27. The number of hydrogen-bond acceptors (Lipinski definition) is 6. The van der Waals surface area contributed by atoms with Crippen molar-refractivity contribution in [1.82, 2.24) is 9.97 Å². The summed E-state index contributed by atoms with van der Waals surface area (Å²) in [4.78, 5) is 21.1. The van der Waals surface area contributed by atoms with E-state index < -0.39 is 16.7 Å². The van der Waals surface area contributed by atoms with Crippen LogP contribution in [0.1, 0.15) is 5.56 Å². The van der Waals surface area contributed by atoms with Crippen molar-refractivity contribution in [3.63, 3.8) is 0 Å². The summed E-state index contributed by atoms with van der Waals surface area (Å²) in [5.41, 5.74) is -0.0456. The highest BCUT2D eigenvalue weighted by molar-refractivity contribution is 14.1. The van der Waals surface area contributed by atoms with Crippen LogP contribution in [0.4, 0.5) is 42.0 Å². The van der Waals surface area contributed by atoms with Crippen LogP contribution in [0.25, 0.3) is 0 Å². The van der Waals surface area contributed by atoms with E-state index in [-0.39, 0.29) is 17.5 Å².